The highest BCUT2D eigenvalue weighted by molar-refractivity contribution is 9.11. The summed E-state index contributed by atoms with van der Waals surface area (Å²) in [7, 11) is 0. The van der Waals surface area contributed by atoms with Crippen LogP contribution in [0.1, 0.15) is 24.0 Å². The minimum absolute atomic E-state index is 0.502. The monoisotopic (exact) mass is 401 g/mol. The first-order chi connectivity index (χ1) is 9.60. The third kappa shape index (κ3) is 4.11. The second-order valence-corrected chi connectivity index (χ2v) is 6.21. The first kappa shape index (κ1) is 15.6. The molecule has 0 atom stereocenters. The third-order valence-electron chi connectivity index (χ3n) is 2.90. The largest absolute Gasteiger partial charge is 0.488 e. The van der Waals surface area contributed by atoms with Gasteiger partial charge >= 0.3 is 0 Å². The molecule has 2 aromatic rings. The molecule has 20 heavy (non-hydrogen) atoms. The summed E-state index contributed by atoms with van der Waals surface area (Å²) in [6, 6.07) is 7.90. The maximum absolute atomic E-state index is 5.83. The van der Waals surface area contributed by atoms with Gasteiger partial charge < -0.3 is 14.5 Å². The van der Waals surface area contributed by atoms with Gasteiger partial charge in [0.1, 0.15) is 23.9 Å². The molecule has 0 bridgehead atoms. The molecular weight excluding hydrogens is 386 g/mol. The van der Waals surface area contributed by atoms with Gasteiger partial charge in [-0.1, -0.05) is 22.9 Å². The molecule has 2 rings (SSSR count). The molecule has 0 saturated heterocycles. The van der Waals surface area contributed by atoms with Crippen LogP contribution < -0.4 is 10.1 Å². The van der Waals surface area contributed by atoms with Crippen molar-refractivity contribution in [3.63, 3.8) is 0 Å². The quantitative estimate of drug-likeness (QED) is 0.753. The molecule has 5 heteroatoms. The Labute approximate surface area is 136 Å². The summed E-state index contributed by atoms with van der Waals surface area (Å²) in [6.07, 6.45) is 0. The molecule has 0 saturated carbocycles. The van der Waals surface area contributed by atoms with Gasteiger partial charge in [-0.2, -0.15) is 0 Å². The fourth-order valence-electron chi connectivity index (χ4n) is 1.81. The normalized spacial score (nSPS) is 10.8. The Bertz CT molecular complexity index is 581. The molecule has 0 amide bonds. The van der Waals surface area contributed by atoms with Gasteiger partial charge in [0.15, 0.2) is 0 Å². The summed E-state index contributed by atoms with van der Waals surface area (Å²) in [5.41, 5.74) is 1.08. The molecule has 1 heterocycles. The van der Waals surface area contributed by atoms with Crippen molar-refractivity contribution in [2.45, 2.75) is 27.0 Å². The molecule has 1 aromatic carbocycles. The SMILES string of the molecule is CCNCc1cc(COc2ccc(Br)cc2Br)c(C)o1. The summed E-state index contributed by atoms with van der Waals surface area (Å²) in [5, 5.41) is 3.25. The highest BCUT2D eigenvalue weighted by Gasteiger charge is 2.09. The second-order valence-electron chi connectivity index (χ2n) is 4.44. The molecule has 0 fully saturated rings. The summed E-state index contributed by atoms with van der Waals surface area (Å²) in [5.74, 6) is 2.67. The summed E-state index contributed by atoms with van der Waals surface area (Å²) in [4.78, 5) is 0. The highest BCUT2D eigenvalue weighted by Crippen LogP contribution is 2.29. The minimum Gasteiger partial charge on any atom is -0.488 e. The number of aryl methyl sites for hydroxylation is 1. The molecule has 0 unspecified atom stereocenters. The standard InChI is InChI=1S/C15H17Br2NO2/c1-3-18-8-13-6-11(10(2)20-13)9-19-15-5-4-12(16)7-14(15)17/h4-7,18H,3,8-9H2,1-2H3. The summed E-state index contributed by atoms with van der Waals surface area (Å²) in [6.45, 7) is 6.22. The fourth-order valence-corrected chi connectivity index (χ4v) is 2.98. The number of nitrogens with one attached hydrogen (secondary N) is 1. The smallest absolute Gasteiger partial charge is 0.134 e. The van der Waals surface area contributed by atoms with E-state index >= 15 is 0 Å². The molecule has 108 valence electrons. The van der Waals surface area contributed by atoms with Gasteiger partial charge in [0.25, 0.3) is 0 Å². The average Bonchev–Trinajstić information content (AvgIpc) is 2.76. The van der Waals surface area contributed by atoms with Gasteiger partial charge in [-0.3, -0.25) is 0 Å². The lowest BCUT2D eigenvalue weighted by atomic mass is 10.2. The zero-order chi connectivity index (χ0) is 14.5. The van der Waals surface area contributed by atoms with Crippen LogP contribution in [-0.2, 0) is 13.2 Å². The molecular formula is C15H17Br2NO2. The maximum Gasteiger partial charge on any atom is 0.134 e. The van der Waals surface area contributed by atoms with E-state index in [0.29, 0.717) is 6.61 Å². The van der Waals surface area contributed by atoms with Crippen molar-refractivity contribution in [3.05, 3.63) is 50.3 Å². The number of ether oxygens (including phenoxy) is 1. The number of furan rings is 1. The van der Waals surface area contributed by atoms with Crippen molar-refractivity contribution in [1.29, 1.82) is 0 Å². The molecule has 1 aromatic heterocycles. The Morgan fingerprint density at radius 1 is 1.25 bits per heavy atom. The Kier molecular flexibility index (Phi) is 5.69. The number of rotatable bonds is 6. The van der Waals surface area contributed by atoms with E-state index in [9.17, 15) is 0 Å². The molecule has 0 aliphatic heterocycles. The maximum atomic E-state index is 5.83. The predicted octanol–water partition coefficient (Wildman–Crippen LogP) is 4.80. The van der Waals surface area contributed by atoms with Crippen LogP contribution in [0.15, 0.2) is 37.6 Å². The summed E-state index contributed by atoms with van der Waals surface area (Å²) < 4.78 is 13.5. The molecule has 0 radical (unpaired) electrons. The van der Waals surface area contributed by atoms with Gasteiger partial charge in [-0.25, -0.2) is 0 Å². The van der Waals surface area contributed by atoms with E-state index in [2.05, 4.69) is 44.1 Å². The van der Waals surface area contributed by atoms with Crippen molar-refractivity contribution >= 4 is 31.9 Å². The molecule has 0 spiro atoms. The second kappa shape index (κ2) is 7.29. The van der Waals surface area contributed by atoms with Crippen LogP contribution in [0.25, 0.3) is 0 Å². The Morgan fingerprint density at radius 2 is 2.05 bits per heavy atom. The van der Waals surface area contributed by atoms with E-state index in [0.717, 1.165) is 44.9 Å². The minimum atomic E-state index is 0.502. The number of halogens is 2. The van der Waals surface area contributed by atoms with E-state index in [1.807, 2.05) is 31.2 Å². The first-order valence-electron chi connectivity index (χ1n) is 6.47. The van der Waals surface area contributed by atoms with Crippen LogP contribution in [-0.4, -0.2) is 6.54 Å². The van der Waals surface area contributed by atoms with Crippen LogP contribution in [0.3, 0.4) is 0 Å². The van der Waals surface area contributed by atoms with E-state index in [4.69, 9.17) is 9.15 Å². The van der Waals surface area contributed by atoms with Crippen molar-refractivity contribution in [3.8, 4) is 5.75 Å². The number of hydrogen-bond acceptors (Lipinski definition) is 3. The topological polar surface area (TPSA) is 34.4 Å². The zero-order valence-electron chi connectivity index (χ0n) is 11.5. The fraction of sp³-hybridized carbons (Fsp3) is 0.333. The van der Waals surface area contributed by atoms with Gasteiger partial charge in [-0.05, 0) is 53.7 Å². The Hall–Kier alpha value is -0.780. The molecule has 0 aliphatic carbocycles. The average molecular weight is 403 g/mol. The van der Waals surface area contributed by atoms with Gasteiger partial charge in [0.2, 0.25) is 0 Å². The lowest BCUT2D eigenvalue weighted by molar-refractivity contribution is 0.301. The Morgan fingerprint density at radius 3 is 2.75 bits per heavy atom. The Balaban J connectivity index is 2.01. The zero-order valence-corrected chi connectivity index (χ0v) is 14.7. The molecule has 0 aliphatic rings. The van der Waals surface area contributed by atoms with Crippen LogP contribution in [0, 0.1) is 6.92 Å². The van der Waals surface area contributed by atoms with Gasteiger partial charge in [0.05, 0.1) is 11.0 Å². The number of benzene rings is 1. The van der Waals surface area contributed by atoms with Gasteiger partial charge in [0, 0.05) is 10.0 Å². The van der Waals surface area contributed by atoms with Crippen LogP contribution in [0.5, 0.6) is 5.75 Å². The van der Waals surface area contributed by atoms with Crippen molar-refractivity contribution in [1.82, 2.24) is 5.32 Å². The molecule has 3 nitrogen and oxygen atoms in total. The van der Waals surface area contributed by atoms with Crippen LogP contribution >= 0.6 is 31.9 Å². The van der Waals surface area contributed by atoms with Crippen LogP contribution in [0.2, 0.25) is 0 Å². The van der Waals surface area contributed by atoms with Crippen molar-refractivity contribution in [2.75, 3.05) is 6.54 Å². The lowest BCUT2D eigenvalue weighted by Crippen LogP contribution is -2.10. The van der Waals surface area contributed by atoms with E-state index in [1.165, 1.54) is 0 Å². The molecule has 1 N–H and O–H groups in total. The van der Waals surface area contributed by atoms with E-state index in [1.54, 1.807) is 0 Å². The summed E-state index contributed by atoms with van der Waals surface area (Å²) >= 11 is 6.91. The first-order valence-corrected chi connectivity index (χ1v) is 8.05. The predicted molar refractivity (Wildman–Crippen MR) is 87.0 cm³/mol. The van der Waals surface area contributed by atoms with Crippen molar-refractivity contribution in [2.24, 2.45) is 0 Å². The highest BCUT2D eigenvalue weighted by atomic mass is 79.9. The number of hydrogen-bond donors (Lipinski definition) is 1. The van der Waals surface area contributed by atoms with Gasteiger partial charge in [-0.15, -0.1) is 0 Å². The van der Waals surface area contributed by atoms with Crippen molar-refractivity contribution < 1.29 is 9.15 Å². The third-order valence-corrected chi connectivity index (χ3v) is 4.01. The van der Waals surface area contributed by atoms with E-state index in [-0.39, 0.29) is 0 Å². The van der Waals surface area contributed by atoms with E-state index < -0.39 is 0 Å². The van der Waals surface area contributed by atoms with Crippen LogP contribution in [0.4, 0.5) is 0 Å². The lowest BCUT2D eigenvalue weighted by Gasteiger charge is -2.07.